The lowest BCUT2D eigenvalue weighted by Gasteiger charge is -2.09. The van der Waals surface area contributed by atoms with Gasteiger partial charge >= 0.3 is 11.9 Å². The molecular formula is C15H11N3O6S. The van der Waals surface area contributed by atoms with Crippen LogP contribution in [0.4, 0.5) is 11.6 Å². The van der Waals surface area contributed by atoms with E-state index in [2.05, 4.69) is 9.73 Å². The lowest BCUT2D eigenvalue weighted by Crippen LogP contribution is -2.21. The minimum Gasteiger partial charge on any atom is -0.450 e. The van der Waals surface area contributed by atoms with Gasteiger partial charge in [-0.2, -0.15) is 5.26 Å². The van der Waals surface area contributed by atoms with Gasteiger partial charge < -0.3 is 14.5 Å². The number of thioether (sulfide) groups is 1. The number of hydrogen-bond acceptors (Lipinski definition) is 8. The predicted molar refractivity (Wildman–Crippen MR) is 87.1 cm³/mol. The van der Waals surface area contributed by atoms with Crippen LogP contribution in [-0.4, -0.2) is 29.2 Å². The topological polar surface area (TPSA) is 135 Å². The van der Waals surface area contributed by atoms with Crippen LogP contribution in [0.25, 0.3) is 0 Å². The van der Waals surface area contributed by atoms with Crippen molar-refractivity contribution in [2.45, 2.75) is 4.90 Å². The summed E-state index contributed by atoms with van der Waals surface area (Å²) in [7, 11) is 0. The smallest absolute Gasteiger partial charge is 0.433 e. The maximum Gasteiger partial charge on any atom is 0.433 e. The molecule has 2 rings (SSSR count). The number of amides is 1. The second kappa shape index (κ2) is 8.51. The van der Waals surface area contributed by atoms with Crippen LogP contribution >= 0.6 is 11.8 Å². The Morgan fingerprint density at radius 1 is 1.32 bits per heavy atom. The first-order valence-electron chi connectivity index (χ1n) is 6.81. The quantitative estimate of drug-likeness (QED) is 0.344. The molecule has 25 heavy (non-hydrogen) atoms. The van der Waals surface area contributed by atoms with Gasteiger partial charge in [-0.25, -0.2) is 4.79 Å². The number of carbonyl (C=O) groups excluding carboxylic acids is 2. The van der Waals surface area contributed by atoms with Crippen molar-refractivity contribution in [3.05, 3.63) is 52.3 Å². The first-order chi connectivity index (χ1) is 12.0. The van der Waals surface area contributed by atoms with Crippen molar-refractivity contribution in [1.82, 2.24) is 0 Å². The van der Waals surface area contributed by atoms with E-state index in [0.717, 1.165) is 12.1 Å². The van der Waals surface area contributed by atoms with Crippen LogP contribution in [0.3, 0.4) is 0 Å². The van der Waals surface area contributed by atoms with Gasteiger partial charge in [0.15, 0.2) is 6.61 Å². The molecule has 1 aromatic carbocycles. The van der Waals surface area contributed by atoms with Crippen molar-refractivity contribution in [2.24, 2.45) is 0 Å². The van der Waals surface area contributed by atoms with E-state index < -0.39 is 29.3 Å². The number of ether oxygens (including phenoxy) is 1. The summed E-state index contributed by atoms with van der Waals surface area (Å²) in [6.07, 6.45) is 0. The average Bonchev–Trinajstić information content (AvgIpc) is 3.09. The Labute approximate surface area is 145 Å². The summed E-state index contributed by atoms with van der Waals surface area (Å²) < 4.78 is 9.43. The van der Waals surface area contributed by atoms with E-state index in [4.69, 9.17) is 10.00 Å². The Morgan fingerprint density at radius 2 is 2.08 bits per heavy atom. The van der Waals surface area contributed by atoms with Gasteiger partial charge in [0.25, 0.3) is 5.91 Å². The van der Waals surface area contributed by atoms with Gasteiger partial charge in [0, 0.05) is 4.90 Å². The molecule has 0 bridgehead atoms. The number of carbonyl (C=O) groups is 2. The van der Waals surface area contributed by atoms with Crippen molar-refractivity contribution in [3.63, 3.8) is 0 Å². The van der Waals surface area contributed by atoms with Crippen LogP contribution in [0, 0.1) is 21.4 Å². The van der Waals surface area contributed by atoms with Gasteiger partial charge in [-0.05, 0) is 18.2 Å². The fourth-order valence-electron chi connectivity index (χ4n) is 1.73. The van der Waals surface area contributed by atoms with Crippen LogP contribution in [0.2, 0.25) is 0 Å². The highest BCUT2D eigenvalue weighted by Gasteiger charge is 2.19. The molecule has 10 heteroatoms. The number of furan rings is 1. The third-order valence-electron chi connectivity index (χ3n) is 2.76. The summed E-state index contributed by atoms with van der Waals surface area (Å²) in [6, 6.07) is 11.0. The van der Waals surface area contributed by atoms with Gasteiger partial charge in [0.05, 0.1) is 23.6 Å². The van der Waals surface area contributed by atoms with E-state index >= 15 is 0 Å². The lowest BCUT2D eigenvalue weighted by atomic mass is 10.3. The molecule has 0 radical (unpaired) electrons. The Balaban J connectivity index is 1.91. The predicted octanol–water partition coefficient (Wildman–Crippen LogP) is 2.60. The summed E-state index contributed by atoms with van der Waals surface area (Å²) in [4.78, 5) is 34.0. The molecule has 0 aliphatic carbocycles. The summed E-state index contributed by atoms with van der Waals surface area (Å²) in [5, 5.41) is 21.7. The molecule has 0 atom stereocenters. The van der Waals surface area contributed by atoms with E-state index in [0.29, 0.717) is 10.6 Å². The molecule has 1 amide bonds. The number of anilines is 1. The summed E-state index contributed by atoms with van der Waals surface area (Å²) in [5.41, 5.74) is 0.484. The summed E-state index contributed by atoms with van der Waals surface area (Å²) >= 11 is 1.25. The van der Waals surface area contributed by atoms with Gasteiger partial charge in [-0.3, -0.25) is 14.9 Å². The molecule has 0 unspecified atom stereocenters. The van der Waals surface area contributed by atoms with E-state index in [9.17, 15) is 19.7 Å². The average molecular weight is 361 g/mol. The molecule has 2 aromatic rings. The highest BCUT2D eigenvalue weighted by atomic mass is 32.2. The number of esters is 1. The van der Waals surface area contributed by atoms with Gasteiger partial charge in [0.2, 0.25) is 5.76 Å². The fraction of sp³-hybridized carbons (Fsp3) is 0.133. The standard InChI is InChI=1S/C15H11N3O6S/c16-7-8-25-12-4-2-1-3-10(12)17-13(19)9-23-15(20)11-5-6-14(24-11)18(21)22/h1-6H,8-9H2,(H,17,19). The first kappa shape index (κ1) is 18.0. The lowest BCUT2D eigenvalue weighted by molar-refractivity contribution is -0.402. The van der Waals surface area contributed by atoms with Crippen LogP contribution in [0.5, 0.6) is 0 Å². The first-order valence-corrected chi connectivity index (χ1v) is 7.80. The van der Waals surface area contributed by atoms with Gasteiger partial charge in [-0.1, -0.05) is 12.1 Å². The minimum atomic E-state index is -0.990. The number of para-hydroxylation sites is 1. The number of nitriles is 1. The zero-order chi connectivity index (χ0) is 18.2. The van der Waals surface area contributed by atoms with Crippen molar-refractivity contribution in [1.29, 1.82) is 5.26 Å². The Hall–Kier alpha value is -3.32. The molecular weight excluding hydrogens is 350 g/mol. The van der Waals surface area contributed by atoms with Crippen LogP contribution < -0.4 is 5.32 Å². The minimum absolute atomic E-state index is 0.221. The van der Waals surface area contributed by atoms with E-state index in [-0.39, 0.29) is 11.5 Å². The number of hydrogen-bond donors (Lipinski definition) is 1. The molecule has 128 valence electrons. The normalized spacial score (nSPS) is 9.88. The molecule has 1 heterocycles. The number of nitro groups is 1. The Kier molecular flexibility index (Phi) is 6.14. The Bertz CT molecular complexity index is 842. The van der Waals surface area contributed by atoms with Crippen LogP contribution in [-0.2, 0) is 9.53 Å². The highest BCUT2D eigenvalue weighted by molar-refractivity contribution is 7.99. The second-order valence-corrected chi connectivity index (χ2v) is 5.48. The fourth-order valence-corrected chi connectivity index (χ4v) is 2.40. The third-order valence-corrected chi connectivity index (χ3v) is 3.70. The second-order valence-electron chi connectivity index (χ2n) is 4.46. The molecule has 9 nitrogen and oxygen atoms in total. The summed E-state index contributed by atoms with van der Waals surface area (Å²) in [5.74, 6) is -2.33. The molecule has 0 saturated carbocycles. The molecule has 0 fully saturated rings. The van der Waals surface area contributed by atoms with Crippen molar-refractivity contribution in [3.8, 4) is 6.07 Å². The molecule has 0 aliphatic rings. The maximum atomic E-state index is 11.9. The number of nitrogens with one attached hydrogen (secondary N) is 1. The molecule has 0 spiro atoms. The van der Waals surface area contributed by atoms with Crippen molar-refractivity contribution in [2.75, 3.05) is 17.7 Å². The zero-order valence-electron chi connectivity index (χ0n) is 12.6. The van der Waals surface area contributed by atoms with Crippen LogP contribution in [0.1, 0.15) is 10.6 Å². The molecule has 1 N–H and O–H groups in total. The van der Waals surface area contributed by atoms with Crippen molar-refractivity contribution >= 4 is 35.2 Å². The molecule has 0 aliphatic heterocycles. The number of benzene rings is 1. The van der Waals surface area contributed by atoms with Gasteiger partial charge in [0.1, 0.15) is 4.92 Å². The van der Waals surface area contributed by atoms with E-state index in [1.54, 1.807) is 24.3 Å². The number of nitrogens with zero attached hydrogens (tertiary/aromatic N) is 2. The van der Waals surface area contributed by atoms with Crippen molar-refractivity contribution < 1.29 is 23.7 Å². The summed E-state index contributed by atoms with van der Waals surface area (Å²) in [6.45, 7) is -0.593. The maximum absolute atomic E-state index is 11.9. The van der Waals surface area contributed by atoms with E-state index in [1.165, 1.54) is 11.8 Å². The number of rotatable bonds is 7. The largest absolute Gasteiger partial charge is 0.450 e. The monoisotopic (exact) mass is 361 g/mol. The third kappa shape index (κ3) is 5.08. The molecule has 1 aromatic heterocycles. The zero-order valence-corrected chi connectivity index (χ0v) is 13.4. The SMILES string of the molecule is N#CCSc1ccccc1NC(=O)COC(=O)c1ccc([N+](=O)[O-])o1. The highest BCUT2D eigenvalue weighted by Crippen LogP contribution is 2.26. The van der Waals surface area contributed by atoms with E-state index in [1.807, 2.05) is 6.07 Å². The molecule has 0 saturated heterocycles. The van der Waals surface area contributed by atoms with Crippen LogP contribution in [0.15, 0.2) is 45.7 Å². The van der Waals surface area contributed by atoms with Gasteiger partial charge in [-0.15, -0.1) is 11.8 Å². The Morgan fingerprint density at radius 3 is 2.76 bits per heavy atom.